The summed E-state index contributed by atoms with van der Waals surface area (Å²) in [6.45, 7) is 5.17. The van der Waals surface area contributed by atoms with Gasteiger partial charge in [0.15, 0.2) is 0 Å². The van der Waals surface area contributed by atoms with Crippen molar-refractivity contribution in [3.8, 4) is 5.75 Å². The summed E-state index contributed by atoms with van der Waals surface area (Å²) in [5.41, 5.74) is 0.893. The Bertz CT molecular complexity index is 361. The van der Waals surface area contributed by atoms with E-state index < -0.39 is 5.85 Å². The third kappa shape index (κ3) is 4.39. The first-order chi connectivity index (χ1) is 8.44. The normalized spacial score (nSPS) is 15.6. The molecule has 1 fully saturated rings. The fourth-order valence-electron chi connectivity index (χ4n) is 1.55. The average Bonchev–Trinajstić information content (AvgIpc) is 2.27. The Kier molecular flexibility index (Phi) is 5.29. The van der Waals surface area contributed by atoms with Crippen molar-refractivity contribution in [1.29, 1.82) is 0 Å². The number of alkyl halides is 2. The molecular formula is C12H18F2NO2P. The van der Waals surface area contributed by atoms with Crippen LogP contribution in [0.15, 0.2) is 24.3 Å². The molecule has 1 N–H and O–H groups in total. The van der Waals surface area contributed by atoms with Crippen LogP contribution in [0.5, 0.6) is 5.75 Å². The molecule has 0 spiro atoms. The van der Waals surface area contributed by atoms with Crippen LogP contribution in [0.2, 0.25) is 0 Å². The molecule has 1 atom stereocenters. The van der Waals surface area contributed by atoms with Gasteiger partial charge in [0.1, 0.15) is 5.75 Å². The highest BCUT2D eigenvalue weighted by Crippen LogP contribution is 2.29. The lowest BCUT2D eigenvalue weighted by Crippen LogP contribution is -2.50. The van der Waals surface area contributed by atoms with E-state index in [0.717, 1.165) is 5.69 Å². The van der Waals surface area contributed by atoms with Crippen LogP contribution in [0.1, 0.15) is 13.8 Å². The quantitative estimate of drug-likeness (QED) is 0.862. The third-order valence-corrected chi connectivity index (χ3v) is 2.44. The number of β-amino-alcohol motifs (C(OH)–C–C–N with tert-alkyl or cyclic N) is 1. The monoisotopic (exact) mass is 277 g/mol. The highest BCUT2D eigenvalue weighted by Gasteiger charge is 2.25. The van der Waals surface area contributed by atoms with Crippen molar-refractivity contribution in [3.63, 3.8) is 0 Å². The van der Waals surface area contributed by atoms with E-state index in [4.69, 9.17) is 5.11 Å². The molecule has 0 saturated carbocycles. The fraction of sp³-hybridized carbons (Fsp3) is 0.500. The summed E-state index contributed by atoms with van der Waals surface area (Å²) in [5, 5.41) is 9.12. The zero-order valence-corrected chi connectivity index (χ0v) is 11.6. The number of nitrogens with zero attached hydrogens (tertiary/aromatic N) is 1. The Hall–Kier alpha value is -0.930. The lowest BCUT2D eigenvalue weighted by atomic mass is 10.1. The van der Waals surface area contributed by atoms with Crippen LogP contribution >= 0.6 is 9.24 Å². The summed E-state index contributed by atoms with van der Waals surface area (Å²) in [6, 6.07) is 6.35. The van der Waals surface area contributed by atoms with Gasteiger partial charge < -0.3 is 14.7 Å². The molecule has 1 heterocycles. The van der Waals surface area contributed by atoms with Crippen molar-refractivity contribution in [2.75, 3.05) is 18.0 Å². The minimum absolute atomic E-state index is 0.116. The largest absolute Gasteiger partial charge is 0.430 e. The third-order valence-electron chi connectivity index (χ3n) is 2.32. The Labute approximate surface area is 108 Å². The van der Waals surface area contributed by atoms with Crippen molar-refractivity contribution in [1.82, 2.24) is 0 Å². The highest BCUT2D eigenvalue weighted by molar-refractivity contribution is 7.17. The molecule has 1 saturated heterocycles. The van der Waals surface area contributed by atoms with E-state index in [0.29, 0.717) is 13.1 Å². The van der Waals surface area contributed by atoms with Crippen molar-refractivity contribution < 1.29 is 18.6 Å². The molecule has 1 aromatic carbocycles. The van der Waals surface area contributed by atoms with Crippen molar-refractivity contribution >= 4 is 14.9 Å². The lowest BCUT2D eigenvalue weighted by Gasteiger charge is -2.37. The molecule has 1 aromatic rings. The SMILES string of the molecule is CC.OC1CN(c2ccc(OC(F)(F)P)cc2)C1. The van der Waals surface area contributed by atoms with Crippen LogP contribution in [-0.2, 0) is 0 Å². The number of benzene rings is 1. The Morgan fingerprint density at radius 1 is 1.28 bits per heavy atom. The Balaban J connectivity index is 0.000000771. The molecule has 0 aliphatic carbocycles. The van der Waals surface area contributed by atoms with Crippen molar-refractivity contribution in [3.05, 3.63) is 24.3 Å². The zero-order valence-electron chi connectivity index (χ0n) is 10.4. The second-order valence-corrected chi connectivity index (χ2v) is 4.39. The van der Waals surface area contributed by atoms with E-state index in [1.807, 2.05) is 18.7 Å². The summed E-state index contributed by atoms with van der Waals surface area (Å²) in [6.07, 6.45) is -0.285. The number of aliphatic hydroxyl groups is 1. The first-order valence-corrected chi connectivity index (χ1v) is 6.40. The van der Waals surface area contributed by atoms with Crippen molar-refractivity contribution in [2.45, 2.75) is 25.8 Å². The second-order valence-electron chi connectivity index (χ2n) is 3.72. The molecule has 18 heavy (non-hydrogen) atoms. The number of aliphatic hydroxyl groups excluding tert-OH is 1. The van der Waals surface area contributed by atoms with Crippen LogP contribution in [0.25, 0.3) is 0 Å². The van der Waals surface area contributed by atoms with E-state index in [-0.39, 0.29) is 11.9 Å². The Morgan fingerprint density at radius 2 is 1.78 bits per heavy atom. The molecule has 1 unspecified atom stereocenters. The predicted octanol–water partition coefficient (Wildman–Crippen LogP) is 2.70. The summed E-state index contributed by atoms with van der Waals surface area (Å²) in [7, 11) is 1.32. The maximum atomic E-state index is 12.5. The van der Waals surface area contributed by atoms with Gasteiger partial charge in [0.2, 0.25) is 0 Å². The maximum absolute atomic E-state index is 12.5. The minimum Gasteiger partial charge on any atom is -0.430 e. The average molecular weight is 277 g/mol. The molecule has 0 aromatic heterocycles. The summed E-state index contributed by atoms with van der Waals surface area (Å²) >= 11 is 0. The highest BCUT2D eigenvalue weighted by atomic mass is 31.0. The van der Waals surface area contributed by atoms with E-state index in [9.17, 15) is 8.78 Å². The van der Waals surface area contributed by atoms with Gasteiger partial charge >= 0.3 is 5.85 Å². The molecule has 1 aliphatic heterocycles. The van der Waals surface area contributed by atoms with Gasteiger partial charge in [-0.2, -0.15) is 8.78 Å². The predicted molar refractivity (Wildman–Crippen MR) is 71.3 cm³/mol. The molecule has 102 valence electrons. The van der Waals surface area contributed by atoms with Gasteiger partial charge in [-0.15, -0.1) is 0 Å². The van der Waals surface area contributed by atoms with Gasteiger partial charge in [0.25, 0.3) is 0 Å². The molecule has 0 bridgehead atoms. The standard InChI is InChI=1S/C10H12F2NO2P.C2H6/c11-10(12,16)15-9-3-1-7(2-4-9)13-5-8(14)6-13;1-2/h1-4,8,14H,5-6,16H2;1-2H3. The van der Waals surface area contributed by atoms with E-state index in [1.165, 1.54) is 21.4 Å². The number of halogens is 2. The van der Waals surface area contributed by atoms with Gasteiger partial charge in [-0.25, -0.2) is 0 Å². The van der Waals surface area contributed by atoms with Crippen molar-refractivity contribution in [2.24, 2.45) is 0 Å². The second kappa shape index (κ2) is 6.30. The number of hydrogen-bond donors (Lipinski definition) is 1. The van der Waals surface area contributed by atoms with Crippen LogP contribution in [0.4, 0.5) is 14.5 Å². The van der Waals surface area contributed by atoms with Crippen LogP contribution in [0.3, 0.4) is 0 Å². The van der Waals surface area contributed by atoms with E-state index in [1.54, 1.807) is 12.1 Å². The summed E-state index contributed by atoms with van der Waals surface area (Å²) in [5.74, 6) is -3.13. The fourth-order valence-corrected chi connectivity index (χ4v) is 1.68. The van der Waals surface area contributed by atoms with Crippen LogP contribution in [0, 0.1) is 0 Å². The van der Waals surface area contributed by atoms with Gasteiger partial charge in [-0.05, 0) is 33.5 Å². The molecule has 6 heteroatoms. The number of ether oxygens (including phenoxy) is 1. The number of anilines is 1. The topological polar surface area (TPSA) is 32.7 Å². The molecule has 0 amide bonds. The molecular weight excluding hydrogens is 259 g/mol. The Morgan fingerprint density at radius 3 is 2.17 bits per heavy atom. The van der Waals surface area contributed by atoms with Gasteiger partial charge in [0, 0.05) is 18.8 Å². The molecule has 2 rings (SSSR count). The first-order valence-electron chi connectivity index (χ1n) is 5.83. The maximum Gasteiger partial charge on any atom is 0.408 e. The van der Waals surface area contributed by atoms with Gasteiger partial charge in [-0.3, -0.25) is 0 Å². The van der Waals surface area contributed by atoms with Gasteiger partial charge in [0.05, 0.1) is 6.10 Å². The van der Waals surface area contributed by atoms with Gasteiger partial charge in [-0.1, -0.05) is 13.8 Å². The first kappa shape index (κ1) is 15.1. The summed E-state index contributed by atoms with van der Waals surface area (Å²) < 4.78 is 29.4. The van der Waals surface area contributed by atoms with Crippen LogP contribution < -0.4 is 9.64 Å². The zero-order chi connectivity index (χ0) is 13.8. The van der Waals surface area contributed by atoms with Crippen LogP contribution in [-0.4, -0.2) is 30.1 Å². The minimum atomic E-state index is -3.24. The number of rotatable bonds is 3. The molecule has 3 nitrogen and oxygen atoms in total. The lowest BCUT2D eigenvalue weighted by molar-refractivity contribution is -0.0892. The smallest absolute Gasteiger partial charge is 0.408 e. The van der Waals surface area contributed by atoms with E-state index >= 15 is 0 Å². The molecule has 1 aliphatic rings. The molecule has 0 radical (unpaired) electrons. The summed E-state index contributed by atoms with van der Waals surface area (Å²) in [4.78, 5) is 1.95. The van der Waals surface area contributed by atoms with E-state index in [2.05, 4.69) is 4.74 Å². The number of hydrogen-bond acceptors (Lipinski definition) is 3.